The number of hydrogen-bond donors (Lipinski definition) is 2. The lowest BCUT2D eigenvalue weighted by molar-refractivity contribution is 0.477. The molecule has 0 aliphatic rings. The SMILES string of the molecule is NNC(c1cccc(Cl)c1)c1cc2cc(F)ccc2o1. The van der Waals surface area contributed by atoms with Gasteiger partial charge in [0.15, 0.2) is 0 Å². The minimum Gasteiger partial charge on any atom is -0.459 e. The van der Waals surface area contributed by atoms with Crippen molar-refractivity contribution in [1.82, 2.24) is 5.43 Å². The first-order valence-corrected chi connectivity index (χ1v) is 6.46. The van der Waals surface area contributed by atoms with E-state index in [1.54, 1.807) is 24.3 Å². The van der Waals surface area contributed by atoms with E-state index < -0.39 is 0 Å². The van der Waals surface area contributed by atoms with E-state index in [4.69, 9.17) is 21.9 Å². The molecule has 2 aromatic carbocycles. The minimum absolute atomic E-state index is 0.301. The van der Waals surface area contributed by atoms with E-state index in [0.29, 0.717) is 21.8 Å². The maximum absolute atomic E-state index is 13.2. The number of benzene rings is 2. The van der Waals surface area contributed by atoms with Gasteiger partial charge in [-0.05, 0) is 42.0 Å². The summed E-state index contributed by atoms with van der Waals surface area (Å²) in [4.78, 5) is 0. The fourth-order valence-electron chi connectivity index (χ4n) is 2.21. The maximum Gasteiger partial charge on any atom is 0.134 e. The standard InChI is InChI=1S/C15H12ClFN2O/c16-11-3-1-2-9(6-11)15(19-18)14-8-10-7-12(17)4-5-13(10)20-14/h1-8,15,19H,18H2. The molecular formula is C15H12ClFN2O. The average molecular weight is 291 g/mol. The summed E-state index contributed by atoms with van der Waals surface area (Å²) >= 11 is 5.98. The van der Waals surface area contributed by atoms with Crippen molar-refractivity contribution in [2.45, 2.75) is 6.04 Å². The quantitative estimate of drug-likeness (QED) is 0.570. The summed E-state index contributed by atoms with van der Waals surface area (Å²) in [5.74, 6) is 5.92. The van der Waals surface area contributed by atoms with E-state index in [0.717, 1.165) is 5.56 Å². The van der Waals surface area contributed by atoms with E-state index in [2.05, 4.69) is 5.43 Å². The van der Waals surface area contributed by atoms with Crippen molar-refractivity contribution in [3.63, 3.8) is 0 Å². The fourth-order valence-corrected chi connectivity index (χ4v) is 2.40. The lowest BCUT2D eigenvalue weighted by Crippen LogP contribution is -2.28. The molecule has 3 rings (SSSR count). The molecule has 0 saturated carbocycles. The molecule has 0 bridgehead atoms. The van der Waals surface area contributed by atoms with Gasteiger partial charge in [0.2, 0.25) is 0 Å². The predicted molar refractivity (Wildman–Crippen MR) is 76.8 cm³/mol. The number of nitrogens with two attached hydrogens (primary N) is 1. The Morgan fingerprint density at radius 1 is 1.15 bits per heavy atom. The first-order chi connectivity index (χ1) is 9.67. The van der Waals surface area contributed by atoms with Crippen LogP contribution in [0.15, 0.2) is 52.9 Å². The van der Waals surface area contributed by atoms with Crippen LogP contribution >= 0.6 is 11.6 Å². The molecule has 0 aliphatic heterocycles. The van der Waals surface area contributed by atoms with Crippen molar-refractivity contribution >= 4 is 22.6 Å². The van der Waals surface area contributed by atoms with Gasteiger partial charge in [0, 0.05) is 10.4 Å². The van der Waals surface area contributed by atoms with E-state index >= 15 is 0 Å². The van der Waals surface area contributed by atoms with Gasteiger partial charge in [-0.25, -0.2) is 9.82 Å². The highest BCUT2D eigenvalue weighted by molar-refractivity contribution is 6.30. The molecule has 0 spiro atoms. The molecule has 0 fully saturated rings. The molecule has 1 aromatic heterocycles. The van der Waals surface area contributed by atoms with Gasteiger partial charge >= 0.3 is 0 Å². The van der Waals surface area contributed by atoms with Gasteiger partial charge in [-0.3, -0.25) is 5.84 Å². The Balaban J connectivity index is 2.07. The Bertz CT molecular complexity index is 756. The van der Waals surface area contributed by atoms with Crippen LogP contribution in [0.1, 0.15) is 17.4 Å². The highest BCUT2D eigenvalue weighted by Crippen LogP contribution is 2.29. The topological polar surface area (TPSA) is 51.2 Å². The van der Waals surface area contributed by atoms with E-state index in [1.807, 2.05) is 12.1 Å². The van der Waals surface area contributed by atoms with Gasteiger partial charge in [0.05, 0.1) is 0 Å². The van der Waals surface area contributed by atoms with Crippen LogP contribution in [0.5, 0.6) is 0 Å². The Morgan fingerprint density at radius 2 is 2.00 bits per heavy atom. The smallest absolute Gasteiger partial charge is 0.134 e. The summed E-state index contributed by atoms with van der Waals surface area (Å²) < 4.78 is 18.9. The Hall–Kier alpha value is -1.88. The number of hydrogen-bond acceptors (Lipinski definition) is 3. The molecule has 3 nitrogen and oxygen atoms in total. The van der Waals surface area contributed by atoms with Gasteiger partial charge in [-0.15, -0.1) is 0 Å². The van der Waals surface area contributed by atoms with Crippen LogP contribution in [0.25, 0.3) is 11.0 Å². The Labute approximate surface area is 120 Å². The van der Waals surface area contributed by atoms with Crippen LogP contribution in [-0.2, 0) is 0 Å². The van der Waals surface area contributed by atoms with E-state index in [9.17, 15) is 4.39 Å². The minimum atomic E-state index is -0.343. The van der Waals surface area contributed by atoms with Crippen LogP contribution in [0.4, 0.5) is 4.39 Å². The molecule has 0 amide bonds. The molecule has 3 N–H and O–H groups in total. The van der Waals surface area contributed by atoms with Gasteiger partial charge in [-0.1, -0.05) is 23.7 Å². The second-order valence-electron chi connectivity index (χ2n) is 4.49. The van der Waals surface area contributed by atoms with Crippen molar-refractivity contribution in [1.29, 1.82) is 0 Å². The summed E-state index contributed by atoms with van der Waals surface area (Å²) in [6.07, 6.45) is 0. The summed E-state index contributed by atoms with van der Waals surface area (Å²) in [5.41, 5.74) is 4.18. The highest BCUT2D eigenvalue weighted by atomic mass is 35.5. The molecule has 20 heavy (non-hydrogen) atoms. The molecular weight excluding hydrogens is 279 g/mol. The predicted octanol–water partition coefficient (Wildman–Crippen LogP) is 3.78. The van der Waals surface area contributed by atoms with Crippen molar-refractivity contribution in [3.8, 4) is 0 Å². The molecule has 0 aliphatic carbocycles. The van der Waals surface area contributed by atoms with Gasteiger partial charge < -0.3 is 4.42 Å². The van der Waals surface area contributed by atoms with E-state index in [-0.39, 0.29) is 11.9 Å². The molecule has 1 unspecified atom stereocenters. The van der Waals surface area contributed by atoms with Gasteiger partial charge in [0.25, 0.3) is 0 Å². The second-order valence-corrected chi connectivity index (χ2v) is 4.92. The third-order valence-electron chi connectivity index (χ3n) is 3.13. The molecule has 1 atom stereocenters. The molecule has 102 valence electrons. The first kappa shape index (κ1) is 13.1. The fraction of sp³-hybridized carbons (Fsp3) is 0.0667. The number of fused-ring (bicyclic) bond motifs is 1. The zero-order valence-corrected chi connectivity index (χ0v) is 11.2. The van der Waals surface area contributed by atoms with Crippen LogP contribution < -0.4 is 11.3 Å². The van der Waals surface area contributed by atoms with Crippen molar-refractivity contribution in [2.75, 3.05) is 0 Å². The van der Waals surface area contributed by atoms with Crippen molar-refractivity contribution < 1.29 is 8.81 Å². The zero-order chi connectivity index (χ0) is 14.1. The van der Waals surface area contributed by atoms with Crippen LogP contribution in [-0.4, -0.2) is 0 Å². The lowest BCUT2D eigenvalue weighted by atomic mass is 10.1. The Kier molecular flexibility index (Phi) is 3.44. The van der Waals surface area contributed by atoms with Gasteiger partial charge in [-0.2, -0.15) is 0 Å². The highest BCUT2D eigenvalue weighted by Gasteiger charge is 2.17. The van der Waals surface area contributed by atoms with Crippen LogP contribution in [0.3, 0.4) is 0 Å². The summed E-state index contributed by atoms with van der Waals surface area (Å²) in [7, 11) is 0. The first-order valence-electron chi connectivity index (χ1n) is 6.08. The number of hydrazine groups is 1. The summed E-state index contributed by atoms with van der Waals surface area (Å²) in [6, 6.07) is 13.1. The monoisotopic (exact) mass is 290 g/mol. The number of nitrogens with one attached hydrogen (secondary N) is 1. The normalized spacial score (nSPS) is 12.8. The molecule has 3 aromatic rings. The number of furan rings is 1. The molecule has 0 saturated heterocycles. The molecule has 0 radical (unpaired) electrons. The van der Waals surface area contributed by atoms with E-state index in [1.165, 1.54) is 12.1 Å². The average Bonchev–Trinajstić information content (AvgIpc) is 2.82. The largest absolute Gasteiger partial charge is 0.459 e. The van der Waals surface area contributed by atoms with Gasteiger partial charge in [0.1, 0.15) is 23.2 Å². The summed E-state index contributed by atoms with van der Waals surface area (Å²) in [5, 5.41) is 1.31. The molecule has 1 heterocycles. The van der Waals surface area contributed by atoms with Crippen LogP contribution in [0, 0.1) is 5.82 Å². The number of rotatable bonds is 3. The van der Waals surface area contributed by atoms with Crippen molar-refractivity contribution in [2.24, 2.45) is 5.84 Å². The molecule has 5 heteroatoms. The van der Waals surface area contributed by atoms with Crippen molar-refractivity contribution in [3.05, 3.63) is 70.7 Å². The summed E-state index contributed by atoms with van der Waals surface area (Å²) in [6.45, 7) is 0. The number of halogens is 2. The lowest BCUT2D eigenvalue weighted by Gasteiger charge is -2.13. The third-order valence-corrected chi connectivity index (χ3v) is 3.37. The second kappa shape index (κ2) is 5.25. The maximum atomic E-state index is 13.2. The Morgan fingerprint density at radius 3 is 2.75 bits per heavy atom. The van der Waals surface area contributed by atoms with Crippen LogP contribution in [0.2, 0.25) is 5.02 Å². The zero-order valence-electron chi connectivity index (χ0n) is 10.4. The third kappa shape index (κ3) is 2.41.